The number of nitrogens with two attached hydrogens (primary N) is 1. The molecule has 4 rings (SSSR count). The van der Waals surface area contributed by atoms with E-state index < -0.39 is 35.6 Å². The van der Waals surface area contributed by atoms with E-state index in [-0.39, 0.29) is 34.8 Å². The minimum Gasteiger partial charge on any atom is -0.364 e. The van der Waals surface area contributed by atoms with Crippen LogP contribution in [-0.4, -0.2) is 30.8 Å². The van der Waals surface area contributed by atoms with Crippen molar-refractivity contribution in [3.8, 4) is 11.4 Å². The first kappa shape index (κ1) is 20.5. The fourth-order valence-electron chi connectivity index (χ4n) is 3.28. The summed E-state index contributed by atoms with van der Waals surface area (Å²) in [6, 6.07) is 4.27. The minimum atomic E-state index is -1.05. The largest absolute Gasteiger partial charge is 0.364 e. The molecule has 158 valence electrons. The van der Waals surface area contributed by atoms with Crippen molar-refractivity contribution in [1.82, 2.24) is 19.1 Å². The third kappa shape index (κ3) is 3.52. The number of nitrogens with zero attached hydrogens (tertiary/aromatic N) is 4. The van der Waals surface area contributed by atoms with Gasteiger partial charge in [-0.3, -0.25) is 18.7 Å². The van der Waals surface area contributed by atoms with Gasteiger partial charge in [0.1, 0.15) is 17.2 Å². The standard InChI is InChI=1S/C20H15F2N5O3S/c1-2-26-19-16(15(17(23)29)24-18(25-19)10-5-6-31-9-10)27(20(26)30)8-14(28)12-4-3-11(21)7-13(12)22/h3-7,9H,2,8H2,1H3,(H2,23,29). The Morgan fingerprint density at radius 2 is 1.94 bits per heavy atom. The number of primary amides is 1. The van der Waals surface area contributed by atoms with Crippen LogP contribution in [0.15, 0.2) is 39.8 Å². The topological polar surface area (TPSA) is 113 Å². The molecule has 0 spiro atoms. The van der Waals surface area contributed by atoms with Crippen molar-refractivity contribution in [2.75, 3.05) is 0 Å². The smallest absolute Gasteiger partial charge is 0.330 e. The molecule has 0 saturated heterocycles. The van der Waals surface area contributed by atoms with E-state index >= 15 is 0 Å². The highest BCUT2D eigenvalue weighted by atomic mass is 32.1. The average molecular weight is 443 g/mol. The number of benzene rings is 1. The first-order valence-electron chi connectivity index (χ1n) is 9.13. The van der Waals surface area contributed by atoms with Gasteiger partial charge in [0.25, 0.3) is 5.91 Å². The predicted molar refractivity (Wildman–Crippen MR) is 110 cm³/mol. The maximum Gasteiger partial charge on any atom is 0.330 e. The second-order valence-corrected chi connectivity index (χ2v) is 7.38. The Morgan fingerprint density at radius 1 is 1.16 bits per heavy atom. The summed E-state index contributed by atoms with van der Waals surface area (Å²) in [5.41, 5.74) is 5.02. The molecule has 0 saturated carbocycles. The number of halogens is 2. The Morgan fingerprint density at radius 3 is 2.55 bits per heavy atom. The Kier molecular flexibility index (Phi) is 5.19. The van der Waals surface area contributed by atoms with Gasteiger partial charge in [-0.2, -0.15) is 11.3 Å². The van der Waals surface area contributed by atoms with Crippen molar-refractivity contribution in [3.05, 3.63) is 68.4 Å². The number of fused-ring (bicyclic) bond motifs is 1. The molecule has 1 aromatic carbocycles. The van der Waals surface area contributed by atoms with E-state index in [1.165, 1.54) is 15.9 Å². The lowest BCUT2D eigenvalue weighted by Crippen LogP contribution is -2.27. The summed E-state index contributed by atoms with van der Waals surface area (Å²) >= 11 is 1.40. The zero-order valence-electron chi connectivity index (χ0n) is 16.1. The lowest BCUT2D eigenvalue weighted by Gasteiger charge is -2.07. The molecule has 8 nitrogen and oxygen atoms in total. The van der Waals surface area contributed by atoms with Gasteiger partial charge in [0.2, 0.25) is 0 Å². The van der Waals surface area contributed by atoms with Crippen LogP contribution < -0.4 is 11.4 Å². The first-order chi connectivity index (χ1) is 14.8. The zero-order chi connectivity index (χ0) is 22.3. The van der Waals surface area contributed by atoms with Crippen LogP contribution in [0.2, 0.25) is 0 Å². The highest BCUT2D eigenvalue weighted by Crippen LogP contribution is 2.24. The molecule has 0 unspecified atom stereocenters. The number of Topliss-reactive ketones (excluding diaryl/α,β-unsaturated/α-hetero) is 1. The number of ketones is 1. The Bertz CT molecular complexity index is 1390. The third-order valence-corrected chi connectivity index (χ3v) is 5.40. The summed E-state index contributed by atoms with van der Waals surface area (Å²) in [7, 11) is 0. The van der Waals surface area contributed by atoms with Crippen molar-refractivity contribution in [1.29, 1.82) is 0 Å². The number of thiophene rings is 1. The van der Waals surface area contributed by atoms with Crippen LogP contribution in [0.3, 0.4) is 0 Å². The van der Waals surface area contributed by atoms with Gasteiger partial charge in [0.15, 0.2) is 22.9 Å². The Hall–Kier alpha value is -3.73. The van der Waals surface area contributed by atoms with Gasteiger partial charge in [-0.1, -0.05) is 0 Å². The van der Waals surface area contributed by atoms with E-state index in [0.29, 0.717) is 11.6 Å². The van der Waals surface area contributed by atoms with E-state index in [0.717, 1.165) is 16.7 Å². The van der Waals surface area contributed by atoms with Gasteiger partial charge in [0, 0.05) is 23.6 Å². The van der Waals surface area contributed by atoms with E-state index in [1.54, 1.807) is 23.8 Å². The quantitative estimate of drug-likeness (QED) is 0.460. The van der Waals surface area contributed by atoms with Crippen molar-refractivity contribution in [3.63, 3.8) is 0 Å². The Labute approximate surface area is 177 Å². The van der Waals surface area contributed by atoms with E-state index in [4.69, 9.17) is 5.73 Å². The molecule has 0 aliphatic carbocycles. The maximum atomic E-state index is 14.1. The number of hydrogen-bond donors (Lipinski definition) is 1. The van der Waals surface area contributed by atoms with Gasteiger partial charge in [-0.05, 0) is 30.5 Å². The molecule has 3 heterocycles. The van der Waals surface area contributed by atoms with Gasteiger partial charge >= 0.3 is 5.69 Å². The van der Waals surface area contributed by atoms with Gasteiger partial charge in [-0.15, -0.1) is 0 Å². The molecule has 0 radical (unpaired) electrons. The average Bonchev–Trinajstić information content (AvgIpc) is 3.34. The third-order valence-electron chi connectivity index (χ3n) is 4.72. The number of rotatable bonds is 6. The summed E-state index contributed by atoms with van der Waals surface area (Å²) in [4.78, 5) is 46.5. The summed E-state index contributed by atoms with van der Waals surface area (Å²) in [5.74, 6) is -3.38. The molecule has 31 heavy (non-hydrogen) atoms. The zero-order valence-corrected chi connectivity index (χ0v) is 16.9. The molecule has 3 aromatic heterocycles. The van der Waals surface area contributed by atoms with Crippen LogP contribution in [0.4, 0.5) is 8.78 Å². The molecule has 0 aliphatic heterocycles. The summed E-state index contributed by atoms with van der Waals surface area (Å²) in [6.07, 6.45) is 0. The first-order valence-corrected chi connectivity index (χ1v) is 10.1. The molecule has 1 amide bonds. The van der Waals surface area contributed by atoms with Crippen LogP contribution in [0.5, 0.6) is 0 Å². The van der Waals surface area contributed by atoms with E-state index in [2.05, 4.69) is 9.97 Å². The molecular weight excluding hydrogens is 428 g/mol. The normalized spacial score (nSPS) is 11.2. The number of carbonyl (C=O) groups is 2. The van der Waals surface area contributed by atoms with Crippen LogP contribution in [0.25, 0.3) is 22.6 Å². The van der Waals surface area contributed by atoms with Crippen LogP contribution in [0.1, 0.15) is 27.8 Å². The fourth-order valence-corrected chi connectivity index (χ4v) is 3.91. The molecule has 11 heteroatoms. The lowest BCUT2D eigenvalue weighted by molar-refractivity contribution is 0.0962. The van der Waals surface area contributed by atoms with Gasteiger partial charge in [-0.25, -0.2) is 23.5 Å². The number of aryl methyl sites for hydroxylation is 1. The van der Waals surface area contributed by atoms with Crippen LogP contribution in [-0.2, 0) is 13.1 Å². The number of hydrogen-bond acceptors (Lipinski definition) is 6. The maximum absolute atomic E-state index is 14.1. The number of imidazole rings is 1. The number of amides is 1. The second kappa shape index (κ2) is 7.84. The minimum absolute atomic E-state index is 0.0193. The summed E-state index contributed by atoms with van der Waals surface area (Å²) in [5, 5.41) is 3.58. The molecule has 0 atom stereocenters. The van der Waals surface area contributed by atoms with Crippen molar-refractivity contribution >= 4 is 34.2 Å². The predicted octanol–water partition coefficient (Wildman–Crippen LogP) is 2.60. The lowest BCUT2D eigenvalue weighted by atomic mass is 10.1. The van der Waals surface area contributed by atoms with Gasteiger partial charge < -0.3 is 5.73 Å². The van der Waals surface area contributed by atoms with Crippen LogP contribution >= 0.6 is 11.3 Å². The number of aromatic nitrogens is 4. The van der Waals surface area contributed by atoms with E-state index in [1.807, 2.05) is 0 Å². The summed E-state index contributed by atoms with van der Waals surface area (Å²) in [6.45, 7) is 1.29. The van der Waals surface area contributed by atoms with Crippen molar-refractivity contribution in [2.24, 2.45) is 5.73 Å². The molecule has 2 N–H and O–H groups in total. The molecule has 4 aromatic rings. The monoisotopic (exact) mass is 443 g/mol. The highest BCUT2D eigenvalue weighted by Gasteiger charge is 2.25. The van der Waals surface area contributed by atoms with Gasteiger partial charge in [0.05, 0.1) is 12.1 Å². The van der Waals surface area contributed by atoms with Crippen molar-refractivity contribution < 1.29 is 18.4 Å². The second-order valence-electron chi connectivity index (χ2n) is 6.60. The molecule has 0 fully saturated rings. The Balaban J connectivity index is 1.93. The molecule has 0 aliphatic rings. The molecule has 0 bridgehead atoms. The SMILES string of the molecule is CCn1c(=O)n(CC(=O)c2ccc(F)cc2F)c2c(C(N)=O)nc(-c3ccsc3)nc21. The van der Waals surface area contributed by atoms with E-state index in [9.17, 15) is 23.2 Å². The van der Waals surface area contributed by atoms with Crippen molar-refractivity contribution in [2.45, 2.75) is 20.0 Å². The highest BCUT2D eigenvalue weighted by molar-refractivity contribution is 7.08. The molecular formula is C20H15F2N5O3S. The fraction of sp³-hybridized carbons (Fsp3) is 0.150. The number of carbonyl (C=O) groups excluding carboxylic acids is 2. The summed E-state index contributed by atoms with van der Waals surface area (Å²) < 4.78 is 29.5. The van der Waals surface area contributed by atoms with Crippen LogP contribution in [0, 0.1) is 11.6 Å².